The molecule has 1 N–H and O–H groups in total. The Morgan fingerprint density at radius 3 is 2.77 bits per heavy atom. The topological polar surface area (TPSA) is 32.6 Å². The first kappa shape index (κ1) is 9.78. The van der Waals surface area contributed by atoms with Gasteiger partial charge in [-0.3, -0.25) is 4.99 Å². The average Bonchev–Trinajstić information content (AvgIpc) is 2.16. The molecule has 0 saturated carbocycles. The van der Waals surface area contributed by atoms with Crippen LogP contribution in [0.15, 0.2) is 29.3 Å². The van der Waals surface area contributed by atoms with Gasteiger partial charge < -0.3 is 5.11 Å². The largest absolute Gasteiger partial charge is 0.507 e. The number of nitrogens with zero attached hydrogens (tertiary/aromatic N) is 1. The van der Waals surface area contributed by atoms with E-state index in [-0.39, 0.29) is 5.75 Å². The van der Waals surface area contributed by atoms with Gasteiger partial charge in [-0.25, -0.2) is 0 Å². The maximum absolute atomic E-state index is 9.40. The van der Waals surface area contributed by atoms with Crippen molar-refractivity contribution in [3.05, 3.63) is 29.8 Å². The van der Waals surface area contributed by atoms with Gasteiger partial charge in [-0.15, -0.1) is 0 Å². The van der Waals surface area contributed by atoms with E-state index in [1.165, 1.54) is 0 Å². The molecule has 70 valence electrons. The summed E-state index contributed by atoms with van der Waals surface area (Å²) >= 11 is 0. The van der Waals surface area contributed by atoms with Gasteiger partial charge in [-0.1, -0.05) is 19.1 Å². The van der Waals surface area contributed by atoms with Gasteiger partial charge in [0, 0.05) is 17.8 Å². The lowest BCUT2D eigenvalue weighted by atomic mass is 10.2. The summed E-state index contributed by atoms with van der Waals surface area (Å²) in [4.78, 5) is 4.29. The second-order valence-corrected chi connectivity index (χ2v) is 3.09. The normalized spacial score (nSPS) is 13.4. The lowest BCUT2D eigenvalue weighted by Gasteiger charge is -2.01. The van der Waals surface area contributed by atoms with Crippen molar-refractivity contribution in [2.24, 2.45) is 4.99 Å². The fourth-order valence-electron chi connectivity index (χ4n) is 0.910. The minimum atomic E-state index is 0.287. The van der Waals surface area contributed by atoms with Crippen molar-refractivity contribution in [1.82, 2.24) is 0 Å². The molecule has 0 aromatic heterocycles. The van der Waals surface area contributed by atoms with Crippen LogP contribution >= 0.6 is 0 Å². The van der Waals surface area contributed by atoms with Crippen molar-refractivity contribution in [2.75, 3.05) is 0 Å². The monoisotopic (exact) mass is 177 g/mol. The van der Waals surface area contributed by atoms with E-state index < -0.39 is 0 Å². The van der Waals surface area contributed by atoms with Crippen LogP contribution in [0.2, 0.25) is 0 Å². The molecule has 0 heterocycles. The quantitative estimate of drug-likeness (QED) is 0.707. The predicted molar refractivity (Wildman–Crippen MR) is 55.5 cm³/mol. The van der Waals surface area contributed by atoms with E-state index in [1.54, 1.807) is 18.3 Å². The van der Waals surface area contributed by atoms with Gasteiger partial charge in [0.2, 0.25) is 0 Å². The van der Waals surface area contributed by atoms with Gasteiger partial charge in [0.25, 0.3) is 0 Å². The highest BCUT2D eigenvalue weighted by atomic mass is 16.3. The van der Waals surface area contributed by atoms with Crippen LogP contribution in [0.25, 0.3) is 0 Å². The molecule has 2 heteroatoms. The Balaban J connectivity index is 2.74. The molecule has 2 nitrogen and oxygen atoms in total. The second kappa shape index (κ2) is 4.65. The van der Waals surface area contributed by atoms with Crippen molar-refractivity contribution in [2.45, 2.75) is 26.3 Å². The Morgan fingerprint density at radius 2 is 2.15 bits per heavy atom. The molecule has 1 aromatic carbocycles. The second-order valence-electron chi connectivity index (χ2n) is 3.09. The van der Waals surface area contributed by atoms with Gasteiger partial charge in [-0.05, 0) is 25.5 Å². The maximum Gasteiger partial charge on any atom is 0.124 e. The lowest BCUT2D eigenvalue weighted by molar-refractivity contribution is 0.474. The smallest absolute Gasteiger partial charge is 0.124 e. The highest BCUT2D eigenvalue weighted by Crippen LogP contribution is 2.13. The first-order valence-corrected chi connectivity index (χ1v) is 4.55. The van der Waals surface area contributed by atoms with Crippen LogP contribution in [0.5, 0.6) is 5.75 Å². The summed E-state index contributed by atoms with van der Waals surface area (Å²) in [6, 6.07) is 7.52. The molecule has 1 unspecified atom stereocenters. The third-order valence-electron chi connectivity index (χ3n) is 2.00. The highest BCUT2D eigenvalue weighted by Gasteiger charge is 1.96. The van der Waals surface area contributed by atoms with Crippen molar-refractivity contribution in [1.29, 1.82) is 0 Å². The van der Waals surface area contributed by atoms with Crippen LogP contribution < -0.4 is 0 Å². The number of phenols is 1. The zero-order valence-corrected chi connectivity index (χ0v) is 8.07. The van der Waals surface area contributed by atoms with E-state index in [1.807, 2.05) is 12.1 Å². The van der Waals surface area contributed by atoms with Crippen molar-refractivity contribution < 1.29 is 5.11 Å². The predicted octanol–water partition coefficient (Wildman–Crippen LogP) is 2.61. The minimum absolute atomic E-state index is 0.287. The van der Waals surface area contributed by atoms with Crippen LogP contribution in [-0.4, -0.2) is 17.4 Å². The van der Waals surface area contributed by atoms with Gasteiger partial charge in [-0.2, -0.15) is 0 Å². The summed E-state index contributed by atoms with van der Waals surface area (Å²) in [5.41, 5.74) is 0.780. The van der Waals surface area contributed by atoms with Gasteiger partial charge in [0.1, 0.15) is 5.75 Å². The Hall–Kier alpha value is -1.31. The van der Waals surface area contributed by atoms with Crippen molar-refractivity contribution in [3.63, 3.8) is 0 Å². The first-order chi connectivity index (χ1) is 6.24. The summed E-state index contributed by atoms with van der Waals surface area (Å²) in [7, 11) is 0. The summed E-state index contributed by atoms with van der Waals surface area (Å²) in [6.07, 6.45) is 2.74. The van der Waals surface area contributed by atoms with Crippen LogP contribution in [0, 0.1) is 0 Å². The Labute approximate surface area is 78.9 Å². The Morgan fingerprint density at radius 1 is 1.46 bits per heavy atom. The number of phenolic OH excluding ortho intramolecular Hbond substituents is 1. The fourth-order valence-corrected chi connectivity index (χ4v) is 0.910. The third kappa shape index (κ3) is 2.90. The maximum atomic E-state index is 9.40. The number of aromatic hydroxyl groups is 1. The van der Waals surface area contributed by atoms with Gasteiger partial charge >= 0.3 is 0 Å². The van der Waals surface area contributed by atoms with Crippen molar-refractivity contribution in [3.8, 4) is 5.75 Å². The van der Waals surface area contributed by atoms with Crippen LogP contribution in [0.1, 0.15) is 25.8 Å². The standard InChI is InChI=1S/C11H15NO/c1-3-9(2)12-8-10-6-4-5-7-11(10)13/h4-9,13H,3H2,1-2H3. The van der Waals surface area contributed by atoms with E-state index in [0.717, 1.165) is 12.0 Å². The van der Waals surface area contributed by atoms with E-state index in [2.05, 4.69) is 18.8 Å². The summed E-state index contributed by atoms with van der Waals surface area (Å²) in [5.74, 6) is 0.287. The lowest BCUT2D eigenvalue weighted by Crippen LogP contribution is -1.95. The fraction of sp³-hybridized carbons (Fsp3) is 0.364. The molecule has 1 atom stereocenters. The number of benzene rings is 1. The van der Waals surface area contributed by atoms with E-state index in [9.17, 15) is 5.11 Å². The van der Waals surface area contributed by atoms with E-state index in [4.69, 9.17) is 0 Å². The van der Waals surface area contributed by atoms with Crippen LogP contribution in [-0.2, 0) is 0 Å². The Bertz CT molecular complexity index is 294. The summed E-state index contributed by atoms with van der Waals surface area (Å²) in [5, 5.41) is 9.40. The number of para-hydroxylation sites is 1. The molecule has 0 aliphatic heterocycles. The molecule has 0 spiro atoms. The van der Waals surface area contributed by atoms with Crippen molar-refractivity contribution >= 4 is 6.21 Å². The SMILES string of the molecule is CCC(C)N=Cc1ccccc1O. The Kier molecular flexibility index (Phi) is 3.50. The van der Waals surface area contributed by atoms with Crippen LogP contribution in [0.4, 0.5) is 0 Å². The molecule has 0 aliphatic carbocycles. The molecular formula is C11H15NO. The third-order valence-corrected chi connectivity index (χ3v) is 2.00. The highest BCUT2D eigenvalue weighted by molar-refractivity contribution is 5.83. The number of aliphatic imine (C=N–C) groups is 1. The number of hydrogen-bond donors (Lipinski definition) is 1. The summed E-state index contributed by atoms with van der Waals surface area (Å²) in [6.45, 7) is 4.14. The van der Waals surface area contributed by atoms with Crippen LogP contribution in [0.3, 0.4) is 0 Å². The molecule has 1 rings (SSSR count). The first-order valence-electron chi connectivity index (χ1n) is 4.55. The van der Waals surface area contributed by atoms with Gasteiger partial charge in [0.15, 0.2) is 0 Å². The molecule has 0 bridgehead atoms. The minimum Gasteiger partial charge on any atom is -0.507 e. The average molecular weight is 177 g/mol. The molecule has 0 saturated heterocycles. The molecule has 0 fully saturated rings. The molecule has 0 amide bonds. The molecule has 0 aliphatic rings. The zero-order valence-electron chi connectivity index (χ0n) is 8.07. The van der Waals surface area contributed by atoms with Gasteiger partial charge in [0.05, 0.1) is 0 Å². The molecule has 1 aromatic rings. The molecule has 0 radical (unpaired) electrons. The number of rotatable bonds is 3. The number of hydrogen-bond acceptors (Lipinski definition) is 2. The summed E-state index contributed by atoms with van der Waals surface area (Å²) < 4.78 is 0. The molecule has 13 heavy (non-hydrogen) atoms. The van der Waals surface area contributed by atoms with E-state index in [0.29, 0.717) is 6.04 Å². The van der Waals surface area contributed by atoms with E-state index >= 15 is 0 Å². The molecular weight excluding hydrogens is 162 g/mol. The zero-order chi connectivity index (χ0) is 9.68.